The van der Waals surface area contributed by atoms with Gasteiger partial charge in [0, 0.05) is 12.4 Å². The van der Waals surface area contributed by atoms with Gasteiger partial charge in [-0.25, -0.2) is 4.98 Å². The number of hydrogen-bond acceptors (Lipinski definition) is 3. The quantitative estimate of drug-likeness (QED) is 0.440. The minimum absolute atomic E-state index is 0.855. The molecule has 0 bridgehead atoms. The second kappa shape index (κ2) is 7.35. The Morgan fingerprint density at radius 1 is 0.643 bits per heavy atom. The van der Waals surface area contributed by atoms with Crippen LogP contribution in [0.15, 0.2) is 67.0 Å². The summed E-state index contributed by atoms with van der Waals surface area (Å²) in [6.45, 7) is 8.45. The normalized spacial score (nSPS) is 10.9. The van der Waals surface area contributed by atoms with Crippen molar-refractivity contribution in [1.82, 2.24) is 15.0 Å². The fraction of sp³-hybridized carbons (Fsp3) is 0.160. The van der Waals surface area contributed by atoms with Crippen molar-refractivity contribution < 1.29 is 0 Å². The topological polar surface area (TPSA) is 38.7 Å². The van der Waals surface area contributed by atoms with E-state index in [4.69, 9.17) is 9.97 Å². The van der Waals surface area contributed by atoms with E-state index in [1.807, 2.05) is 24.4 Å². The van der Waals surface area contributed by atoms with Gasteiger partial charge < -0.3 is 0 Å². The summed E-state index contributed by atoms with van der Waals surface area (Å²) < 4.78 is 0. The molecule has 0 saturated carbocycles. The minimum Gasteiger partial charge on any atom is -0.255 e. The summed E-state index contributed by atoms with van der Waals surface area (Å²) in [6, 6.07) is 18.7. The first-order valence-corrected chi connectivity index (χ1v) is 9.46. The van der Waals surface area contributed by atoms with Crippen LogP contribution in [-0.4, -0.2) is 15.0 Å². The van der Waals surface area contributed by atoms with Crippen LogP contribution in [-0.2, 0) is 0 Å². The van der Waals surface area contributed by atoms with E-state index in [1.54, 1.807) is 6.20 Å². The highest BCUT2D eigenvalue weighted by molar-refractivity contribution is 5.76. The molecule has 1 aromatic carbocycles. The van der Waals surface area contributed by atoms with Gasteiger partial charge in [-0.15, -0.1) is 0 Å². The molecule has 0 aliphatic rings. The number of aromatic nitrogens is 3. The smallest absolute Gasteiger partial charge is 0.0918 e. The van der Waals surface area contributed by atoms with Gasteiger partial charge in [-0.2, -0.15) is 0 Å². The molecule has 4 rings (SSSR count). The largest absolute Gasteiger partial charge is 0.255 e. The summed E-state index contributed by atoms with van der Waals surface area (Å²) in [5, 5.41) is 0. The van der Waals surface area contributed by atoms with Crippen molar-refractivity contribution in [2.75, 3.05) is 0 Å². The predicted molar refractivity (Wildman–Crippen MR) is 115 cm³/mol. The molecule has 0 fully saturated rings. The Balaban J connectivity index is 1.95. The Bertz CT molecular complexity index is 1130. The molecule has 0 saturated heterocycles. The van der Waals surface area contributed by atoms with Crippen LogP contribution in [0.1, 0.15) is 22.3 Å². The first-order chi connectivity index (χ1) is 13.5. The number of aryl methyl sites for hydroxylation is 2. The monoisotopic (exact) mass is 365 g/mol. The van der Waals surface area contributed by atoms with Gasteiger partial charge in [0.2, 0.25) is 0 Å². The van der Waals surface area contributed by atoms with Crippen LogP contribution in [0, 0.1) is 27.7 Å². The molecular weight excluding hydrogens is 342 g/mol. The summed E-state index contributed by atoms with van der Waals surface area (Å²) >= 11 is 0. The molecule has 3 nitrogen and oxygen atoms in total. The molecule has 0 N–H and O–H groups in total. The maximum atomic E-state index is 4.92. The van der Waals surface area contributed by atoms with Crippen LogP contribution in [0.3, 0.4) is 0 Å². The highest BCUT2D eigenvalue weighted by Crippen LogP contribution is 2.31. The highest BCUT2D eigenvalue weighted by atomic mass is 14.8. The zero-order chi connectivity index (χ0) is 19.7. The summed E-state index contributed by atoms with van der Waals surface area (Å²) in [6.07, 6.45) is 3.73. The van der Waals surface area contributed by atoms with Crippen molar-refractivity contribution in [2.45, 2.75) is 27.7 Å². The van der Waals surface area contributed by atoms with Crippen molar-refractivity contribution in [3.8, 4) is 33.9 Å². The molecule has 0 unspecified atom stereocenters. The van der Waals surface area contributed by atoms with Gasteiger partial charge in [0.05, 0.1) is 22.8 Å². The first-order valence-electron chi connectivity index (χ1n) is 9.46. The molecule has 0 radical (unpaired) electrons. The lowest BCUT2D eigenvalue weighted by molar-refractivity contribution is 1.14. The summed E-state index contributed by atoms with van der Waals surface area (Å²) in [4.78, 5) is 14.1. The van der Waals surface area contributed by atoms with Crippen LogP contribution < -0.4 is 0 Å². The number of pyridine rings is 3. The molecule has 28 heavy (non-hydrogen) atoms. The second-order valence-corrected chi connectivity index (χ2v) is 7.25. The molecule has 138 valence electrons. The average molecular weight is 365 g/mol. The summed E-state index contributed by atoms with van der Waals surface area (Å²) in [7, 11) is 0. The molecule has 0 spiro atoms. The van der Waals surface area contributed by atoms with Gasteiger partial charge in [-0.1, -0.05) is 35.9 Å². The Morgan fingerprint density at radius 2 is 1.39 bits per heavy atom. The van der Waals surface area contributed by atoms with Crippen molar-refractivity contribution >= 4 is 0 Å². The van der Waals surface area contributed by atoms with E-state index in [1.165, 1.54) is 22.3 Å². The fourth-order valence-electron chi connectivity index (χ4n) is 3.30. The van der Waals surface area contributed by atoms with E-state index < -0.39 is 0 Å². The van der Waals surface area contributed by atoms with Crippen LogP contribution in [0.2, 0.25) is 0 Å². The summed E-state index contributed by atoms with van der Waals surface area (Å²) in [5.74, 6) is 0. The van der Waals surface area contributed by atoms with Gasteiger partial charge >= 0.3 is 0 Å². The van der Waals surface area contributed by atoms with Crippen LogP contribution in [0.5, 0.6) is 0 Å². The maximum Gasteiger partial charge on any atom is 0.0918 e. The Morgan fingerprint density at radius 3 is 2.11 bits per heavy atom. The van der Waals surface area contributed by atoms with Crippen molar-refractivity contribution in [1.29, 1.82) is 0 Å². The zero-order valence-electron chi connectivity index (χ0n) is 16.7. The Hall–Kier alpha value is -3.33. The van der Waals surface area contributed by atoms with Gasteiger partial charge in [-0.3, -0.25) is 9.97 Å². The average Bonchev–Trinajstić information content (AvgIpc) is 2.73. The van der Waals surface area contributed by atoms with Gasteiger partial charge in [0.25, 0.3) is 0 Å². The fourth-order valence-corrected chi connectivity index (χ4v) is 3.30. The van der Waals surface area contributed by atoms with Gasteiger partial charge in [-0.05, 0) is 79.8 Å². The lowest BCUT2D eigenvalue weighted by Gasteiger charge is -2.13. The van der Waals surface area contributed by atoms with E-state index in [0.717, 1.165) is 33.9 Å². The third-order valence-corrected chi connectivity index (χ3v) is 5.28. The zero-order valence-corrected chi connectivity index (χ0v) is 16.7. The molecule has 0 atom stereocenters. The van der Waals surface area contributed by atoms with Crippen LogP contribution in [0.25, 0.3) is 33.9 Å². The molecule has 3 heterocycles. The van der Waals surface area contributed by atoms with Crippen molar-refractivity contribution in [2.24, 2.45) is 0 Å². The molecule has 3 heteroatoms. The standard InChI is InChI=1S/C25H23N3/c1-16-8-10-20(11-9-16)21-13-23(22-7-5-6-12-26-22)28-24(14-21)25-19(4)18(3)17(2)15-27-25/h5-15H,1-4H3. The van der Waals surface area contributed by atoms with Crippen molar-refractivity contribution in [3.63, 3.8) is 0 Å². The Labute approximate surface area is 166 Å². The number of benzene rings is 1. The third kappa shape index (κ3) is 3.44. The molecule has 0 aliphatic carbocycles. The van der Waals surface area contributed by atoms with E-state index >= 15 is 0 Å². The van der Waals surface area contributed by atoms with Crippen LogP contribution in [0.4, 0.5) is 0 Å². The lowest BCUT2D eigenvalue weighted by Crippen LogP contribution is -1.98. The number of nitrogens with zero attached hydrogens (tertiary/aromatic N) is 3. The summed E-state index contributed by atoms with van der Waals surface area (Å²) in [5.41, 5.74) is 10.7. The van der Waals surface area contributed by atoms with E-state index in [9.17, 15) is 0 Å². The highest BCUT2D eigenvalue weighted by Gasteiger charge is 2.13. The first kappa shape index (κ1) is 18.1. The predicted octanol–water partition coefficient (Wildman–Crippen LogP) is 6.11. The SMILES string of the molecule is Cc1ccc(-c2cc(-c3ccccn3)nc(-c3ncc(C)c(C)c3C)c2)cc1. The van der Waals surface area contributed by atoms with Crippen LogP contribution >= 0.6 is 0 Å². The maximum absolute atomic E-state index is 4.92. The van der Waals surface area contributed by atoms with E-state index in [0.29, 0.717) is 0 Å². The molecule has 0 amide bonds. The second-order valence-electron chi connectivity index (χ2n) is 7.25. The van der Waals surface area contributed by atoms with Crippen molar-refractivity contribution in [3.05, 3.63) is 89.2 Å². The lowest BCUT2D eigenvalue weighted by atomic mass is 9.99. The Kier molecular flexibility index (Phi) is 4.74. The number of hydrogen-bond donors (Lipinski definition) is 0. The van der Waals surface area contributed by atoms with Gasteiger partial charge in [0.15, 0.2) is 0 Å². The van der Waals surface area contributed by atoms with E-state index in [-0.39, 0.29) is 0 Å². The molecule has 3 aromatic heterocycles. The minimum atomic E-state index is 0.855. The van der Waals surface area contributed by atoms with Gasteiger partial charge in [0.1, 0.15) is 0 Å². The van der Waals surface area contributed by atoms with E-state index in [2.05, 4.69) is 69.1 Å². The molecule has 4 aromatic rings. The molecule has 0 aliphatic heterocycles. The number of rotatable bonds is 3. The molecular formula is C25H23N3. The third-order valence-electron chi connectivity index (χ3n) is 5.28.